The van der Waals surface area contributed by atoms with Crippen molar-refractivity contribution >= 4 is 59.6 Å². The molecule has 1 aliphatic carbocycles. The molecule has 1 saturated heterocycles. The van der Waals surface area contributed by atoms with E-state index in [1.165, 1.54) is 18.1 Å². The highest BCUT2D eigenvalue weighted by molar-refractivity contribution is 9.09. The van der Waals surface area contributed by atoms with Gasteiger partial charge in [0.05, 0.1) is 49.4 Å². The van der Waals surface area contributed by atoms with Gasteiger partial charge in [-0.3, -0.25) is 19.2 Å². The molecule has 0 aromatic heterocycles. The number of fused-ring (bicyclic) bond motifs is 2. The molecule has 334 valence electrons. The molecule has 2 heterocycles. The zero-order valence-corrected chi connectivity index (χ0v) is 39.9. The number of benzene rings is 2. The van der Waals surface area contributed by atoms with Crippen molar-refractivity contribution in [2.24, 2.45) is 17.3 Å². The van der Waals surface area contributed by atoms with E-state index in [1.807, 2.05) is 18.7 Å². The Kier molecular flexibility index (Phi) is 15.6. The van der Waals surface area contributed by atoms with E-state index in [0.29, 0.717) is 53.4 Å². The second kappa shape index (κ2) is 19.9. The Labute approximate surface area is 370 Å². The largest absolute Gasteiger partial charge is 0.493 e. The summed E-state index contributed by atoms with van der Waals surface area (Å²) in [6.45, 7) is 20.5. The van der Waals surface area contributed by atoms with Gasteiger partial charge in [0.15, 0.2) is 31.8 Å². The predicted molar refractivity (Wildman–Crippen MR) is 240 cm³/mol. The summed E-state index contributed by atoms with van der Waals surface area (Å²) in [5.41, 5.74) is 2.07. The number of ether oxygens (including phenoxy) is 4. The van der Waals surface area contributed by atoms with Crippen molar-refractivity contribution in [3.05, 3.63) is 65.7 Å². The van der Waals surface area contributed by atoms with Gasteiger partial charge in [-0.15, -0.1) is 0 Å². The van der Waals surface area contributed by atoms with E-state index in [2.05, 4.69) is 61.7 Å². The van der Waals surface area contributed by atoms with Crippen LogP contribution < -0.4 is 19.7 Å². The first-order valence-corrected chi connectivity index (χ1v) is 25.3. The number of methoxy groups -OCH3 is 1. The van der Waals surface area contributed by atoms with Crippen LogP contribution in [0.25, 0.3) is 0 Å². The molecule has 0 radical (unpaired) electrons. The molecule has 4 atom stereocenters. The zero-order chi connectivity index (χ0) is 44.9. The van der Waals surface area contributed by atoms with E-state index in [0.717, 1.165) is 24.6 Å². The third kappa shape index (κ3) is 11.4. The number of nitrogens with zero attached hydrogens (tertiary/aromatic N) is 2. The Morgan fingerprint density at radius 1 is 1.03 bits per heavy atom. The summed E-state index contributed by atoms with van der Waals surface area (Å²) in [5, 5.41) is 3.32. The van der Waals surface area contributed by atoms with Crippen LogP contribution in [0.2, 0.25) is 18.1 Å². The van der Waals surface area contributed by atoms with Crippen molar-refractivity contribution < 1.29 is 47.3 Å². The Morgan fingerprint density at radius 3 is 2.30 bits per heavy atom. The number of esters is 1. The van der Waals surface area contributed by atoms with E-state index >= 15 is 0 Å². The quantitative estimate of drug-likeness (QED) is 0.0479. The highest BCUT2D eigenvalue weighted by Gasteiger charge is 2.59. The number of hydrogen-bond acceptors (Lipinski definition) is 10. The molecule has 1 saturated carbocycles. The molecule has 61 heavy (non-hydrogen) atoms. The Hall–Kier alpha value is -4.21. The number of rotatable bonds is 19. The number of ketones is 1. The average molecular weight is 927 g/mol. The van der Waals surface area contributed by atoms with Gasteiger partial charge >= 0.3 is 12.1 Å². The number of halogens is 1. The lowest BCUT2D eigenvalue weighted by atomic mass is 9.91. The first-order valence-electron chi connectivity index (χ1n) is 21.3. The van der Waals surface area contributed by atoms with Gasteiger partial charge in [0.25, 0.3) is 5.91 Å². The fourth-order valence-electron chi connectivity index (χ4n) is 7.56. The first-order chi connectivity index (χ1) is 28.7. The minimum atomic E-state index is -2.56. The van der Waals surface area contributed by atoms with Crippen LogP contribution in [0, 0.1) is 17.3 Å². The number of carbonyl (C=O) groups excluding carboxylic acids is 5. The number of hydrogen-bond donors (Lipinski definition) is 1. The summed E-state index contributed by atoms with van der Waals surface area (Å²) in [4.78, 5) is 71.3. The molecule has 3 aliphatic rings. The number of amides is 3. The molecular weight excluding hydrogens is 863 g/mol. The predicted octanol–water partition coefficient (Wildman–Crippen LogP) is 8.37. The lowest BCUT2D eigenvalue weighted by Gasteiger charge is -2.44. The van der Waals surface area contributed by atoms with E-state index < -0.39 is 44.6 Å². The van der Waals surface area contributed by atoms with Crippen LogP contribution in [0.15, 0.2) is 49.1 Å². The van der Waals surface area contributed by atoms with Crippen LogP contribution in [0.1, 0.15) is 95.1 Å². The van der Waals surface area contributed by atoms with E-state index in [4.69, 9.17) is 23.4 Å². The van der Waals surface area contributed by atoms with Crippen molar-refractivity contribution in [2.45, 2.75) is 123 Å². The summed E-state index contributed by atoms with van der Waals surface area (Å²) in [6.07, 6.45) is 3.43. The molecule has 13 nitrogen and oxygen atoms in total. The van der Waals surface area contributed by atoms with Gasteiger partial charge in [-0.25, -0.2) is 9.69 Å². The fraction of sp³-hybridized carbons (Fsp3) is 0.587. The molecule has 2 aliphatic heterocycles. The van der Waals surface area contributed by atoms with Crippen molar-refractivity contribution in [3.63, 3.8) is 0 Å². The van der Waals surface area contributed by atoms with E-state index in [-0.39, 0.29) is 60.0 Å². The van der Waals surface area contributed by atoms with Crippen molar-refractivity contribution in [3.8, 4) is 11.5 Å². The molecule has 15 heteroatoms. The smallest absolute Gasteiger partial charge is 0.416 e. The lowest BCUT2D eigenvalue weighted by molar-refractivity contribution is -0.146. The van der Waals surface area contributed by atoms with Crippen LogP contribution >= 0.6 is 15.9 Å². The van der Waals surface area contributed by atoms with Crippen LogP contribution in [-0.2, 0) is 41.3 Å². The third-order valence-corrected chi connectivity index (χ3v) is 17.6. The molecule has 5 rings (SSSR count). The second-order valence-electron chi connectivity index (χ2n) is 18.5. The zero-order valence-electron chi connectivity index (χ0n) is 37.3. The minimum Gasteiger partial charge on any atom is -0.493 e. The maximum absolute atomic E-state index is 14.7. The number of nitrogens with one attached hydrogen (secondary N) is 1. The van der Waals surface area contributed by atoms with Crippen molar-refractivity contribution in [1.29, 1.82) is 0 Å². The Balaban J connectivity index is 1.37. The molecule has 3 amide bonds. The number of anilines is 1. The topological polar surface area (TPSA) is 150 Å². The Bertz CT molecular complexity index is 1940. The summed E-state index contributed by atoms with van der Waals surface area (Å²) in [7, 11) is -1.02. The first kappa shape index (κ1) is 47.8. The van der Waals surface area contributed by atoms with Gasteiger partial charge in [-0.1, -0.05) is 87.5 Å². The summed E-state index contributed by atoms with van der Waals surface area (Å²) in [6, 6.07) is 9.36. The van der Waals surface area contributed by atoms with Gasteiger partial charge in [0, 0.05) is 24.4 Å². The van der Waals surface area contributed by atoms with Gasteiger partial charge in [0.2, 0.25) is 5.91 Å². The van der Waals surface area contributed by atoms with Crippen LogP contribution in [-0.4, -0.2) is 93.4 Å². The highest BCUT2D eigenvalue weighted by Crippen LogP contribution is 2.57. The van der Waals surface area contributed by atoms with Crippen molar-refractivity contribution in [1.82, 2.24) is 10.2 Å². The maximum atomic E-state index is 14.7. The Morgan fingerprint density at radius 2 is 1.70 bits per heavy atom. The number of alkyl halides is 1. The third-order valence-electron chi connectivity index (χ3n) is 12.6. The molecule has 0 bridgehead atoms. The van der Waals surface area contributed by atoms with Crippen LogP contribution in [0.4, 0.5) is 10.5 Å². The SMILES string of the molecule is C=CCOC(=O)C[C@H](C(=O)N[C@@H](C)C(=O)Cc1ccc(COC(=O)N2c3cc(OCCCBr)c(OC)cc3C(=O)N3CC4(CC4)C[C@H]3C2O[Si](C)(C)C(C)(C)C)cc1)C(C)C. The molecular formula is C46H64BrN3O10Si. The summed E-state index contributed by atoms with van der Waals surface area (Å²) >= 11 is 3.46. The molecule has 2 aromatic rings. The highest BCUT2D eigenvalue weighted by atomic mass is 79.9. The maximum Gasteiger partial charge on any atom is 0.416 e. The summed E-state index contributed by atoms with van der Waals surface area (Å²) < 4.78 is 30.3. The standard InChI is InChI=1S/C46H64BrN3O10Si/c1-11-20-58-40(52)24-33(29(2)3)41(53)48-30(4)37(51)22-31-13-15-32(16-14-31)27-59-44(55)50-35-25-39(57-21-12-19-47)38(56-8)23-34(35)42(54)49-28-46(17-18-46)26-36(49)43(50)60-61(9,10)45(5,6)7/h11,13-16,23,25,29-30,33,36,43H,1,12,17-22,24,26-28H2,2-10H3,(H,48,53)/t30-,33-,36-,43?/m0/s1. The van der Waals surface area contributed by atoms with Gasteiger partial charge < -0.3 is 33.6 Å². The average Bonchev–Trinajstić information content (AvgIpc) is 3.87. The van der Waals surface area contributed by atoms with Crippen LogP contribution in [0.5, 0.6) is 11.5 Å². The molecule has 1 N–H and O–H groups in total. The monoisotopic (exact) mass is 925 g/mol. The van der Waals surface area contributed by atoms with Crippen LogP contribution in [0.3, 0.4) is 0 Å². The fourth-order valence-corrected chi connectivity index (χ4v) is 9.01. The van der Waals surface area contributed by atoms with Gasteiger partial charge in [-0.2, -0.15) is 0 Å². The van der Waals surface area contributed by atoms with Gasteiger partial charge in [0.1, 0.15) is 13.2 Å². The molecule has 1 spiro atoms. The molecule has 1 unspecified atom stereocenters. The number of carbonyl (C=O) groups is 5. The second-order valence-corrected chi connectivity index (χ2v) is 24.1. The molecule has 2 aromatic carbocycles. The van der Waals surface area contributed by atoms with E-state index in [1.54, 1.807) is 43.3 Å². The molecule has 2 fully saturated rings. The number of Topliss-reactive ketones (excluding diaryl/α,β-unsaturated/α-hetero) is 1. The lowest BCUT2D eigenvalue weighted by Crippen LogP contribution is -2.58. The van der Waals surface area contributed by atoms with Crippen molar-refractivity contribution in [2.75, 3.05) is 37.1 Å². The normalized spacial score (nSPS) is 19.0. The van der Waals surface area contributed by atoms with Gasteiger partial charge in [-0.05, 0) is 79.3 Å². The minimum absolute atomic E-state index is 0.00926. The summed E-state index contributed by atoms with van der Waals surface area (Å²) in [5.74, 6) is -1.28. The van der Waals surface area contributed by atoms with E-state index in [9.17, 15) is 24.0 Å².